The summed E-state index contributed by atoms with van der Waals surface area (Å²) < 4.78 is 10.8. The highest BCUT2D eigenvalue weighted by Crippen LogP contribution is 2.31. The molecule has 1 amide bonds. The molecule has 0 aliphatic carbocycles. The van der Waals surface area contributed by atoms with Gasteiger partial charge in [0.1, 0.15) is 0 Å². The van der Waals surface area contributed by atoms with Crippen LogP contribution in [0.4, 0.5) is 11.4 Å². The molecule has 0 radical (unpaired) electrons. The Morgan fingerprint density at radius 3 is 2.47 bits per heavy atom. The van der Waals surface area contributed by atoms with Crippen LogP contribution in [0.5, 0.6) is 11.5 Å². The van der Waals surface area contributed by atoms with Crippen molar-refractivity contribution in [3.63, 3.8) is 0 Å². The van der Waals surface area contributed by atoms with E-state index in [0.29, 0.717) is 24.3 Å². The van der Waals surface area contributed by atoms with E-state index in [1.807, 2.05) is 24.3 Å². The van der Waals surface area contributed by atoms with Crippen molar-refractivity contribution in [2.45, 2.75) is 26.7 Å². The number of likely N-dealkylation sites (N-methyl/N-ethyl adjacent to an activating group) is 1. The molecule has 1 saturated heterocycles. The van der Waals surface area contributed by atoms with E-state index in [1.54, 1.807) is 14.2 Å². The second kappa shape index (κ2) is 10.3. The van der Waals surface area contributed by atoms with Crippen LogP contribution in [0, 0.1) is 6.92 Å². The van der Waals surface area contributed by atoms with Crippen LogP contribution in [-0.2, 0) is 11.2 Å². The molecule has 0 saturated carbocycles. The predicted octanol–water partition coefficient (Wildman–Crippen LogP) is 3.73. The van der Waals surface area contributed by atoms with Crippen molar-refractivity contribution in [3.05, 3.63) is 47.5 Å². The minimum atomic E-state index is -0.0106. The van der Waals surface area contributed by atoms with Gasteiger partial charge in [-0.1, -0.05) is 19.1 Å². The van der Waals surface area contributed by atoms with Gasteiger partial charge in [0.15, 0.2) is 11.5 Å². The van der Waals surface area contributed by atoms with Gasteiger partial charge in [-0.25, -0.2) is 0 Å². The number of hydrogen-bond acceptors (Lipinski definition) is 5. The molecule has 1 N–H and O–H groups in total. The van der Waals surface area contributed by atoms with Crippen molar-refractivity contribution in [2.24, 2.45) is 0 Å². The number of anilines is 2. The van der Waals surface area contributed by atoms with Crippen molar-refractivity contribution < 1.29 is 14.3 Å². The summed E-state index contributed by atoms with van der Waals surface area (Å²) in [5.74, 6) is 1.36. The van der Waals surface area contributed by atoms with Crippen LogP contribution in [0.15, 0.2) is 36.4 Å². The maximum absolute atomic E-state index is 12.5. The van der Waals surface area contributed by atoms with Crippen LogP contribution in [0.1, 0.15) is 24.5 Å². The Balaban J connectivity index is 1.58. The summed E-state index contributed by atoms with van der Waals surface area (Å²) in [7, 11) is 3.23. The summed E-state index contributed by atoms with van der Waals surface area (Å²) in [6.07, 6.45) is 0.967. The van der Waals surface area contributed by atoms with E-state index < -0.39 is 0 Å². The quantitative estimate of drug-likeness (QED) is 0.717. The largest absolute Gasteiger partial charge is 0.493 e. The topological polar surface area (TPSA) is 54.0 Å². The highest BCUT2D eigenvalue weighted by Gasteiger charge is 2.17. The first-order chi connectivity index (χ1) is 14.5. The van der Waals surface area contributed by atoms with Gasteiger partial charge in [-0.3, -0.25) is 4.79 Å². The Morgan fingerprint density at radius 1 is 1.07 bits per heavy atom. The summed E-state index contributed by atoms with van der Waals surface area (Å²) in [5.41, 5.74) is 4.24. The molecule has 0 spiro atoms. The normalized spacial score (nSPS) is 14.5. The zero-order valence-corrected chi connectivity index (χ0v) is 18.5. The smallest absolute Gasteiger partial charge is 0.224 e. The van der Waals surface area contributed by atoms with Gasteiger partial charge in [0.05, 0.1) is 14.2 Å². The lowest BCUT2D eigenvalue weighted by Gasteiger charge is -2.36. The van der Waals surface area contributed by atoms with Gasteiger partial charge in [-0.15, -0.1) is 0 Å². The number of carbonyl (C=O) groups is 1. The average Bonchev–Trinajstić information content (AvgIpc) is 2.77. The van der Waals surface area contributed by atoms with Crippen molar-refractivity contribution in [1.82, 2.24) is 4.90 Å². The van der Waals surface area contributed by atoms with Crippen LogP contribution in [0.3, 0.4) is 0 Å². The maximum Gasteiger partial charge on any atom is 0.224 e. The number of amides is 1. The second-order valence-electron chi connectivity index (χ2n) is 7.62. The third kappa shape index (κ3) is 5.25. The number of nitrogens with one attached hydrogen (secondary N) is 1. The lowest BCUT2D eigenvalue weighted by Crippen LogP contribution is -2.46. The number of nitrogens with zero attached hydrogens (tertiary/aromatic N) is 2. The number of aryl methyl sites for hydroxylation is 2. The molecule has 1 aliphatic rings. The van der Waals surface area contributed by atoms with Crippen LogP contribution in [0.2, 0.25) is 0 Å². The fraction of sp³-hybridized carbons (Fsp3) is 0.458. The summed E-state index contributed by atoms with van der Waals surface area (Å²) >= 11 is 0. The van der Waals surface area contributed by atoms with E-state index in [-0.39, 0.29) is 5.91 Å². The number of rotatable bonds is 8. The fourth-order valence-electron chi connectivity index (χ4n) is 4.02. The SMILES string of the molecule is CCN1CCN(c2ccc(NC(=O)CCc3cccc(OC)c3OC)cc2C)CC1. The van der Waals surface area contributed by atoms with E-state index in [0.717, 1.165) is 44.0 Å². The van der Waals surface area contributed by atoms with Gasteiger partial charge in [0, 0.05) is 44.0 Å². The van der Waals surface area contributed by atoms with Crippen molar-refractivity contribution in [3.8, 4) is 11.5 Å². The van der Waals surface area contributed by atoms with E-state index >= 15 is 0 Å². The fourth-order valence-corrected chi connectivity index (χ4v) is 4.02. The molecule has 3 rings (SSSR count). The minimum Gasteiger partial charge on any atom is -0.493 e. The molecule has 1 aliphatic heterocycles. The van der Waals surface area contributed by atoms with Gasteiger partial charge >= 0.3 is 0 Å². The molecule has 6 nitrogen and oxygen atoms in total. The molecule has 162 valence electrons. The summed E-state index contributed by atoms with van der Waals surface area (Å²) in [6.45, 7) is 9.72. The first kappa shape index (κ1) is 22.0. The monoisotopic (exact) mass is 411 g/mol. The molecule has 0 bridgehead atoms. The summed E-state index contributed by atoms with van der Waals surface area (Å²) in [5, 5.41) is 3.03. The molecular formula is C24H33N3O3. The van der Waals surface area contributed by atoms with Gasteiger partial charge in [-0.2, -0.15) is 0 Å². The van der Waals surface area contributed by atoms with Crippen LogP contribution in [-0.4, -0.2) is 57.8 Å². The number of piperazine rings is 1. The van der Waals surface area contributed by atoms with Gasteiger partial charge in [0.25, 0.3) is 0 Å². The number of hydrogen-bond donors (Lipinski definition) is 1. The molecule has 1 heterocycles. The van der Waals surface area contributed by atoms with E-state index in [1.165, 1.54) is 11.3 Å². The van der Waals surface area contributed by atoms with E-state index in [2.05, 4.69) is 41.1 Å². The molecule has 30 heavy (non-hydrogen) atoms. The summed E-state index contributed by atoms with van der Waals surface area (Å²) in [6, 6.07) is 11.9. The van der Waals surface area contributed by atoms with Gasteiger partial charge in [-0.05, 0) is 55.3 Å². The zero-order chi connectivity index (χ0) is 21.5. The number of carbonyl (C=O) groups excluding carboxylic acids is 1. The zero-order valence-electron chi connectivity index (χ0n) is 18.5. The van der Waals surface area contributed by atoms with Gasteiger partial charge < -0.3 is 24.6 Å². The summed E-state index contributed by atoms with van der Waals surface area (Å²) in [4.78, 5) is 17.4. The van der Waals surface area contributed by atoms with E-state index in [4.69, 9.17) is 9.47 Å². The lowest BCUT2D eigenvalue weighted by molar-refractivity contribution is -0.116. The lowest BCUT2D eigenvalue weighted by atomic mass is 10.1. The Hall–Kier alpha value is -2.73. The molecule has 0 unspecified atom stereocenters. The number of benzene rings is 2. The highest BCUT2D eigenvalue weighted by molar-refractivity contribution is 5.91. The van der Waals surface area contributed by atoms with Crippen molar-refractivity contribution in [2.75, 3.05) is 57.2 Å². The molecule has 6 heteroatoms. The second-order valence-corrected chi connectivity index (χ2v) is 7.62. The first-order valence-corrected chi connectivity index (χ1v) is 10.6. The number of para-hydroxylation sites is 1. The maximum atomic E-state index is 12.5. The van der Waals surface area contributed by atoms with E-state index in [9.17, 15) is 4.79 Å². The molecule has 2 aromatic carbocycles. The van der Waals surface area contributed by atoms with Crippen LogP contribution < -0.4 is 19.7 Å². The predicted molar refractivity (Wildman–Crippen MR) is 122 cm³/mol. The minimum absolute atomic E-state index is 0.0106. The third-order valence-corrected chi connectivity index (χ3v) is 5.75. The Bertz CT molecular complexity index is 861. The van der Waals surface area contributed by atoms with Crippen LogP contribution >= 0.6 is 0 Å². The average molecular weight is 412 g/mol. The molecule has 0 atom stereocenters. The third-order valence-electron chi connectivity index (χ3n) is 5.75. The molecule has 2 aromatic rings. The van der Waals surface area contributed by atoms with Crippen molar-refractivity contribution in [1.29, 1.82) is 0 Å². The molecule has 1 fully saturated rings. The molecule has 0 aromatic heterocycles. The Labute approximate surface area is 179 Å². The van der Waals surface area contributed by atoms with Gasteiger partial charge in [0.2, 0.25) is 5.91 Å². The highest BCUT2D eigenvalue weighted by atomic mass is 16.5. The van der Waals surface area contributed by atoms with Crippen molar-refractivity contribution >= 4 is 17.3 Å². The van der Waals surface area contributed by atoms with Crippen LogP contribution in [0.25, 0.3) is 0 Å². The molecular weight excluding hydrogens is 378 g/mol. The number of ether oxygens (including phenoxy) is 2. The standard InChI is InChI=1S/C24H33N3O3/c1-5-26-13-15-27(16-14-26)21-11-10-20(17-18(21)2)25-23(28)12-9-19-7-6-8-22(29-3)24(19)30-4/h6-8,10-11,17H,5,9,12-16H2,1-4H3,(H,25,28). The Kier molecular flexibility index (Phi) is 7.57. The number of methoxy groups -OCH3 is 2. The Morgan fingerprint density at radius 2 is 1.83 bits per heavy atom. The first-order valence-electron chi connectivity index (χ1n) is 10.6.